The molecule has 3 nitrogen and oxygen atoms in total. The second kappa shape index (κ2) is 6.88. The van der Waals surface area contributed by atoms with Crippen LogP contribution in [0.1, 0.15) is 18.4 Å². The van der Waals surface area contributed by atoms with Crippen molar-refractivity contribution in [2.45, 2.75) is 31.4 Å². The minimum absolute atomic E-state index is 0.329. The lowest BCUT2D eigenvalue weighted by molar-refractivity contribution is 0.0379. The van der Waals surface area contributed by atoms with E-state index in [1.807, 2.05) is 0 Å². The monoisotopic (exact) mass is 248 g/mol. The Morgan fingerprint density at radius 1 is 1.39 bits per heavy atom. The molecule has 18 heavy (non-hydrogen) atoms. The molecule has 0 radical (unpaired) electrons. The summed E-state index contributed by atoms with van der Waals surface area (Å²) < 4.78 is 5.76. The van der Waals surface area contributed by atoms with Crippen molar-refractivity contribution in [1.82, 2.24) is 4.90 Å². The highest BCUT2D eigenvalue weighted by Gasteiger charge is 2.27. The third-order valence-corrected chi connectivity index (χ3v) is 3.80. The van der Waals surface area contributed by atoms with Crippen LogP contribution in [0, 0.1) is 0 Å². The van der Waals surface area contributed by atoms with E-state index in [1.54, 1.807) is 0 Å². The van der Waals surface area contributed by atoms with E-state index in [0.717, 1.165) is 26.0 Å². The van der Waals surface area contributed by atoms with Gasteiger partial charge >= 0.3 is 0 Å². The van der Waals surface area contributed by atoms with Gasteiger partial charge in [-0.1, -0.05) is 30.3 Å². The first-order chi connectivity index (χ1) is 8.81. The summed E-state index contributed by atoms with van der Waals surface area (Å²) in [5.74, 6) is 0. The van der Waals surface area contributed by atoms with Crippen molar-refractivity contribution in [1.29, 1.82) is 0 Å². The fourth-order valence-corrected chi connectivity index (χ4v) is 2.64. The van der Waals surface area contributed by atoms with Crippen LogP contribution in [0.4, 0.5) is 0 Å². The number of hydrogen-bond donors (Lipinski definition) is 1. The van der Waals surface area contributed by atoms with Crippen molar-refractivity contribution in [3.05, 3.63) is 35.9 Å². The lowest BCUT2D eigenvalue weighted by Crippen LogP contribution is -2.46. The molecular weight excluding hydrogens is 224 g/mol. The quantitative estimate of drug-likeness (QED) is 0.832. The highest BCUT2D eigenvalue weighted by molar-refractivity contribution is 5.14. The predicted molar refractivity (Wildman–Crippen MR) is 74.6 cm³/mol. The van der Waals surface area contributed by atoms with E-state index in [-0.39, 0.29) is 0 Å². The van der Waals surface area contributed by atoms with E-state index < -0.39 is 0 Å². The van der Waals surface area contributed by atoms with Gasteiger partial charge in [0.1, 0.15) is 0 Å². The van der Waals surface area contributed by atoms with Crippen LogP contribution >= 0.6 is 0 Å². The zero-order chi connectivity index (χ0) is 12.8. The summed E-state index contributed by atoms with van der Waals surface area (Å²) in [5.41, 5.74) is 7.28. The maximum atomic E-state index is 5.90. The fraction of sp³-hybridized carbons (Fsp3) is 0.600. The zero-order valence-corrected chi connectivity index (χ0v) is 11.2. The molecule has 1 aromatic rings. The minimum atomic E-state index is 0.329. The Balaban J connectivity index is 1.83. The van der Waals surface area contributed by atoms with E-state index in [2.05, 4.69) is 42.3 Å². The molecule has 0 aliphatic carbocycles. The van der Waals surface area contributed by atoms with E-state index in [4.69, 9.17) is 10.5 Å². The molecule has 3 heteroatoms. The van der Waals surface area contributed by atoms with Crippen molar-refractivity contribution in [3.8, 4) is 0 Å². The number of likely N-dealkylation sites (N-methyl/N-ethyl adjacent to an activating group) is 1. The van der Waals surface area contributed by atoms with Crippen LogP contribution in [0.3, 0.4) is 0 Å². The predicted octanol–water partition coefficient (Wildman–Crippen LogP) is 1.67. The first-order valence-corrected chi connectivity index (χ1v) is 6.87. The van der Waals surface area contributed by atoms with Crippen LogP contribution in [0.15, 0.2) is 30.3 Å². The van der Waals surface area contributed by atoms with Gasteiger partial charge in [0, 0.05) is 25.7 Å². The van der Waals surface area contributed by atoms with Gasteiger partial charge in [-0.3, -0.25) is 4.90 Å². The van der Waals surface area contributed by atoms with Gasteiger partial charge in [-0.15, -0.1) is 0 Å². The molecule has 1 saturated heterocycles. The Morgan fingerprint density at radius 3 is 2.78 bits per heavy atom. The Kier molecular flexibility index (Phi) is 5.17. The Bertz CT molecular complexity index is 336. The van der Waals surface area contributed by atoms with Gasteiger partial charge in [0.2, 0.25) is 0 Å². The molecule has 1 aliphatic heterocycles. The molecule has 2 unspecified atom stereocenters. The van der Waals surface area contributed by atoms with Gasteiger partial charge in [0.15, 0.2) is 0 Å². The molecule has 0 spiro atoms. The molecular formula is C15H24N2O. The summed E-state index contributed by atoms with van der Waals surface area (Å²) in [4.78, 5) is 2.35. The van der Waals surface area contributed by atoms with Gasteiger partial charge in [0.05, 0.1) is 6.10 Å². The molecule has 2 atom stereocenters. The first kappa shape index (κ1) is 13.5. The minimum Gasteiger partial charge on any atom is -0.377 e. The summed E-state index contributed by atoms with van der Waals surface area (Å²) in [6.45, 7) is 2.61. The third-order valence-electron chi connectivity index (χ3n) is 3.80. The van der Waals surface area contributed by atoms with Gasteiger partial charge in [-0.05, 0) is 31.9 Å². The summed E-state index contributed by atoms with van der Waals surface area (Å²) >= 11 is 0. The molecule has 2 N–H and O–H groups in total. The zero-order valence-electron chi connectivity index (χ0n) is 11.2. The first-order valence-electron chi connectivity index (χ1n) is 6.87. The highest BCUT2D eigenvalue weighted by atomic mass is 16.5. The molecule has 1 aromatic carbocycles. The number of ether oxygens (including phenoxy) is 1. The van der Waals surface area contributed by atoms with Crippen molar-refractivity contribution in [2.24, 2.45) is 5.73 Å². The molecule has 0 amide bonds. The largest absolute Gasteiger partial charge is 0.377 e. The van der Waals surface area contributed by atoms with Crippen LogP contribution in [-0.4, -0.2) is 43.8 Å². The lowest BCUT2D eigenvalue weighted by atomic mass is 10.1. The van der Waals surface area contributed by atoms with Crippen molar-refractivity contribution in [2.75, 3.05) is 26.7 Å². The topological polar surface area (TPSA) is 38.5 Å². The van der Waals surface area contributed by atoms with Gasteiger partial charge in [-0.25, -0.2) is 0 Å². The number of rotatable bonds is 6. The normalized spacial score (nSPS) is 21.4. The summed E-state index contributed by atoms with van der Waals surface area (Å²) in [7, 11) is 2.15. The maximum Gasteiger partial charge on any atom is 0.0743 e. The molecule has 0 saturated carbocycles. The SMILES string of the molecule is CN(CCc1ccccc1)C(CN)C1CCCO1. The fourth-order valence-electron chi connectivity index (χ4n) is 2.64. The number of nitrogens with zero attached hydrogens (tertiary/aromatic N) is 1. The standard InChI is InChI=1S/C15H24N2O/c1-17(10-9-13-6-3-2-4-7-13)14(12-16)15-8-5-11-18-15/h2-4,6-7,14-15H,5,8-12,16H2,1H3. The number of hydrogen-bond acceptors (Lipinski definition) is 3. The van der Waals surface area contributed by atoms with Crippen LogP contribution in [0.2, 0.25) is 0 Å². The molecule has 100 valence electrons. The van der Waals surface area contributed by atoms with Crippen LogP contribution in [0.5, 0.6) is 0 Å². The molecule has 0 aromatic heterocycles. The third kappa shape index (κ3) is 3.55. The second-order valence-electron chi connectivity index (χ2n) is 5.07. The maximum absolute atomic E-state index is 5.90. The van der Waals surface area contributed by atoms with Gasteiger partial charge < -0.3 is 10.5 Å². The Hall–Kier alpha value is -0.900. The van der Waals surface area contributed by atoms with Gasteiger partial charge in [-0.2, -0.15) is 0 Å². The van der Waals surface area contributed by atoms with E-state index in [9.17, 15) is 0 Å². The lowest BCUT2D eigenvalue weighted by Gasteiger charge is -2.31. The van der Waals surface area contributed by atoms with Gasteiger partial charge in [0.25, 0.3) is 0 Å². The average molecular weight is 248 g/mol. The summed E-state index contributed by atoms with van der Waals surface area (Å²) in [5, 5.41) is 0. The van der Waals surface area contributed by atoms with Crippen molar-refractivity contribution >= 4 is 0 Å². The number of benzene rings is 1. The second-order valence-corrected chi connectivity index (χ2v) is 5.07. The van der Waals surface area contributed by atoms with E-state index in [0.29, 0.717) is 18.7 Å². The number of nitrogens with two attached hydrogens (primary N) is 1. The molecule has 0 bridgehead atoms. The average Bonchev–Trinajstić information content (AvgIpc) is 2.92. The van der Waals surface area contributed by atoms with E-state index >= 15 is 0 Å². The highest BCUT2D eigenvalue weighted by Crippen LogP contribution is 2.18. The summed E-state index contributed by atoms with van der Waals surface area (Å²) in [6, 6.07) is 11.0. The van der Waals surface area contributed by atoms with E-state index in [1.165, 1.54) is 12.0 Å². The van der Waals surface area contributed by atoms with Crippen LogP contribution < -0.4 is 5.73 Å². The Morgan fingerprint density at radius 2 is 2.17 bits per heavy atom. The Labute approximate surface area is 110 Å². The summed E-state index contributed by atoms with van der Waals surface area (Å²) in [6.07, 6.45) is 3.72. The molecule has 2 rings (SSSR count). The van der Waals surface area contributed by atoms with Crippen LogP contribution in [0.25, 0.3) is 0 Å². The smallest absolute Gasteiger partial charge is 0.0743 e. The van der Waals surface area contributed by atoms with Crippen LogP contribution in [-0.2, 0) is 11.2 Å². The molecule has 1 fully saturated rings. The molecule has 1 aliphatic rings. The van der Waals surface area contributed by atoms with Crippen molar-refractivity contribution in [3.63, 3.8) is 0 Å². The van der Waals surface area contributed by atoms with Crippen molar-refractivity contribution < 1.29 is 4.74 Å². The molecule has 1 heterocycles.